The molecule has 3 N–H and O–H groups in total. The molecule has 0 aromatic heterocycles. The normalized spacial score (nSPS) is 21.8. The number of hydrogen-bond acceptors (Lipinski definition) is 4. The fraction of sp³-hybridized carbons (Fsp3) is 0.571. The van der Waals surface area contributed by atoms with Crippen molar-refractivity contribution in [3.05, 3.63) is 34.9 Å². The Hall–Kier alpha value is -0.940. The predicted octanol–water partition coefficient (Wildman–Crippen LogP) is 1.65. The van der Waals surface area contributed by atoms with Gasteiger partial charge in [-0.05, 0) is 35.4 Å². The first-order valence-corrected chi connectivity index (χ1v) is 6.62. The molecule has 98 valence electrons. The molecule has 3 rings (SSSR count). The zero-order chi connectivity index (χ0) is 12.4. The van der Waals surface area contributed by atoms with Gasteiger partial charge in [0.25, 0.3) is 0 Å². The third-order valence-corrected chi connectivity index (χ3v) is 4.02. The number of nitrogens with two attached hydrogens (primary N) is 1. The third-order valence-electron chi connectivity index (χ3n) is 4.02. The van der Waals surface area contributed by atoms with Gasteiger partial charge in [-0.15, -0.1) is 0 Å². The van der Waals surface area contributed by atoms with Crippen molar-refractivity contribution in [3.63, 3.8) is 0 Å². The van der Waals surface area contributed by atoms with Crippen LogP contribution in [0.1, 0.15) is 35.6 Å². The molecule has 2 aliphatic heterocycles. The monoisotopic (exact) mass is 248 g/mol. The minimum Gasteiger partial charge on any atom is -0.381 e. The highest BCUT2D eigenvalue weighted by molar-refractivity contribution is 5.34. The van der Waals surface area contributed by atoms with Crippen molar-refractivity contribution in [2.75, 3.05) is 13.2 Å². The van der Waals surface area contributed by atoms with Gasteiger partial charge in [0.05, 0.1) is 13.2 Å². The summed E-state index contributed by atoms with van der Waals surface area (Å²) in [6, 6.07) is 6.80. The van der Waals surface area contributed by atoms with Crippen molar-refractivity contribution in [2.24, 2.45) is 11.8 Å². The molecule has 1 unspecified atom stereocenters. The van der Waals surface area contributed by atoms with Crippen LogP contribution in [0.3, 0.4) is 0 Å². The maximum atomic E-state index is 5.76. The predicted molar refractivity (Wildman–Crippen MR) is 68.5 cm³/mol. The van der Waals surface area contributed by atoms with Gasteiger partial charge in [-0.25, -0.2) is 0 Å². The number of hydrazine groups is 1. The van der Waals surface area contributed by atoms with Gasteiger partial charge in [-0.2, -0.15) is 0 Å². The Kier molecular flexibility index (Phi) is 3.61. The number of fused-ring (bicyclic) bond motifs is 1. The minimum absolute atomic E-state index is 0.222. The largest absolute Gasteiger partial charge is 0.381 e. The molecule has 1 saturated heterocycles. The molecule has 0 spiro atoms. The van der Waals surface area contributed by atoms with Gasteiger partial charge in [-0.3, -0.25) is 11.3 Å². The van der Waals surface area contributed by atoms with Gasteiger partial charge in [-0.1, -0.05) is 18.2 Å². The SMILES string of the molecule is NNC(c1ccc2c(c1)COC2)C1CCOCC1. The van der Waals surface area contributed by atoms with Crippen LogP contribution in [-0.4, -0.2) is 13.2 Å². The highest BCUT2D eigenvalue weighted by Crippen LogP contribution is 2.31. The lowest BCUT2D eigenvalue weighted by Crippen LogP contribution is -2.36. The van der Waals surface area contributed by atoms with Crippen LogP contribution >= 0.6 is 0 Å². The Bertz CT molecular complexity index is 416. The molecule has 0 bridgehead atoms. The topological polar surface area (TPSA) is 56.5 Å². The fourth-order valence-electron chi connectivity index (χ4n) is 2.94. The van der Waals surface area contributed by atoms with E-state index in [0.29, 0.717) is 5.92 Å². The van der Waals surface area contributed by atoms with Gasteiger partial charge in [0.1, 0.15) is 0 Å². The quantitative estimate of drug-likeness (QED) is 0.631. The summed E-state index contributed by atoms with van der Waals surface area (Å²) in [6.07, 6.45) is 2.14. The lowest BCUT2D eigenvalue weighted by atomic mass is 9.86. The molecule has 0 saturated carbocycles. The molecular weight excluding hydrogens is 228 g/mol. The fourth-order valence-corrected chi connectivity index (χ4v) is 2.94. The van der Waals surface area contributed by atoms with E-state index < -0.39 is 0 Å². The molecule has 0 amide bonds. The second-order valence-corrected chi connectivity index (χ2v) is 5.12. The van der Waals surface area contributed by atoms with Crippen LogP contribution in [0.25, 0.3) is 0 Å². The number of hydrogen-bond donors (Lipinski definition) is 2. The summed E-state index contributed by atoms with van der Waals surface area (Å²) >= 11 is 0. The van der Waals surface area contributed by atoms with E-state index in [1.807, 2.05) is 0 Å². The summed E-state index contributed by atoms with van der Waals surface area (Å²) in [6.45, 7) is 3.16. The van der Waals surface area contributed by atoms with Crippen LogP contribution < -0.4 is 11.3 Å². The lowest BCUT2D eigenvalue weighted by Gasteiger charge is -2.30. The molecule has 1 fully saturated rings. The molecule has 1 atom stereocenters. The number of benzene rings is 1. The summed E-state index contributed by atoms with van der Waals surface area (Å²) in [4.78, 5) is 0. The molecule has 1 aromatic rings. The summed E-state index contributed by atoms with van der Waals surface area (Å²) in [7, 11) is 0. The van der Waals surface area contributed by atoms with E-state index in [-0.39, 0.29) is 6.04 Å². The molecule has 0 aliphatic carbocycles. The summed E-state index contributed by atoms with van der Waals surface area (Å²) < 4.78 is 10.9. The minimum atomic E-state index is 0.222. The Balaban J connectivity index is 1.82. The van der Waals surface area contributed by atoms with E-state index in [4.69, 9.17) is 15.3 Å². The summed E-state index contributed by atoms with van der Waals surface area (Å²) in [5.74, 6) is 6.32. The molecule has 0 radical (unpaired) electrons. The van der Waals surface area contributed by atoms with Crippen LogP contribution in [-0.2, 0) is 22.7 Å². The molecular formula is C14H20N2O2. The summed E-state index contributed by atoms with van der Waals surface area (Å²) in [5.41, 5.74) is 6.87. The maximum absolute atomic E-state index is 5.76. The Morgan fingerprint density at radius 2 is 1.89 bits per heavy atom. The van der Waals surface area contributed by atoms with Gasteiger partial charge in [0.15, 0.2) is 0 Å². The smallest absolute Gasteiger partial charge is 0.0725 e. The van der Waals surface area contributed by atoms with Crippen LogP contribution in [0.4, 0.5) is 0 Å². The van der Waals surface area contributed by atoms with Crippen LogP contribution in [0.15, 0.2) is 18.2 Å². The van der Waals surface area contributed by atoms with Gasteiger partial charge in [0.2, 0.25) is 0 Å². The van der Waals surface area contributed by atoms with E-state index in [1.165, 1.54) is 16.7 Å². The van der Waals surface area contributed by atoms with E-state index in [1.54, 1.807) is 0 Å². The second-order valence-electron chi connectivity index (χ2n) is 5.12. The maximum Gasteiger partial charge on any atom is 0.0725 e. The average molecular weight is 248 g/mol. The Morgan fingerprint density at radius 3 is 2.67 bits per heavy atom. The van der Waals surface area contributed by atoms with Gasteiger partial charge in [0, 0.05) is 19.3 Å². The van der Waals surface area contributed by atoms with E-state index in [0.717, 1.165) is 39.3 Å². The molecule has 4 nitrogen and oxygen atoms in total. The molecule has 4 heteroatoms. The standard InChI is InChI=1S/C14H20N2O2/c15-16-14(10-3-5-17-6-4-10)11-1-2-12-8-18-9-13(12)7-11/h1-2,7,10,14,16H,3-6,8-9,15H2. The summed E-state index contributed by atoms with van der Waals surface area (Å²) in [5, 5.41) is 0. The van der Waals surface area contributed by atoms with Gasteiger partial charge < -0.3 is 9.47 Å². The molecule has 1 aromatic carbocycles. The Morgan fingerprint density at radius 1 is 1.11 bits per heavy atom. The molecule has 18 heavy (non-hydrogen) atoms. The van der Waals surface area contributed by atoms with Crippen molar-refractivity contribution in [1.82, 2.24) is 5.43 Å². The first-order chi connectivity index (χ1) is 8.88. The first-order valence-electron chi connectivity index (χ1n) is 6.62. The van der Waals surface area contributed by atoms with Crippen molar-refractivity contribution >= 4 is 0 Å². The highest BCUT2D eigenvalue weighted by Gasteiger charge is 2.25. The lowest BCUT2D eigenvalue weighted by molar-refractivity contribution is 0.0536. The average Bonchev–Trinajstić information content (AvgIpc) is 2.88. The zero-order valence-electron chi connectivity index (χ0n) is 10.5. The van der Waals surface area contributed by atoms with E-state index >= 15 is 0 Å². The van der Waals surface area contributed by atoms with E-state index in [2.05, 4.69) is 23.6 Å². The van der Waals surface area contributed by atoms with Gasteiger partial charge >= 0.3 is 0 Å². The number of nitrogens with one attached hydrogen (secondary N) is 1. The van der Waals surface area contributed by atoms with Crippen molar-refractivity contribution in [2.45, 2.75) is 32.1 Å². The van der Waals surface area contributed by atoms with Crippen molar-refractivity contribution in [3.8, 4) is 0 Å². The molecule has 2 aliphatic rings. The highest BCUT2D eigenvalue weighted by atomic mass is 16.5. The molecule has 2 heterocycles. The van der Waals surface area contributed by atoms with Crippen LogP contribution in [0.2, 0.25) is 0 Å². The van der Waals surface area contributed by atoms with Crippen molar-refractivity contribution in [1.29, 1.82) is 0 Å². The second kappa shape index (κ2) is 5.36. The van der Waals surface area contributed by atoms with Crippen molar-refractivity contribution < 1.29 is 9.47 Å². The number of rotatable bonds is 3. The first kappa shape index (κ1) is 12.1. The third kappa shape index (κ3) is 2.29. The van der Waals surface area contributed by atoms with Crippen LogP contribution in [0.5, 0.6) is 0 Å². The Labute approximate surface area is 107 Å². The number of ether oxygens (including phenoxy) is 2. The van der Waals surface area contributed by atoms with Crippen LogP contribution in [0, 0.1) is 5.92 Å². The zero-order valence-corrected chi connectivity index (χ0v) is 10.5. The van der Waals surface area contributed by atoms with E-state index in [9.17, 15) is 0 Å².